The van der Waals surface area contributed by atoms with Gasteiger partial charge in [0.25, 0.3) is 0 Å². The Morgan fingerprint density at radius 3 is 2.39 bits per heavy atom. The molecule has 18 heavy (non-hydrogen) atoms. The Hall–Kier alpha value is -1.10. The van der Waals surface area contributed by atoms with Gasteiger partial charge in [-0.3, -0.25) is 4.79 Å². The van der Waals surface area contributed by atoms with Crippen molar-refractivity contribution in [1.82, 2.24) is 15.3 Å². The van der Waals surface area contributed by atoms with E-state index in [0.29, 0.717) is 10.9 Å². The molecule has 0 saturated heterocycles. The topological polar surface area (TPSA) is 54.9 Å². The summed E-state index contributed by atoms with van der Waals surface area (Å²) in [6, 6.07) is 1.92. The molecular weight excluding hydrogens is 246 g/mol. The second kappa shape index (κ2) is 6.18. The molecular formula is C13H21N3OS. The first-order valence-electron chi connectivity index (χ1n) is 6.08. The van der Waals surface area contributed by atoms with Crippen LogP contribution in [0.5, 0.6) is 0 Å². The summed E-state index contributed by atoms with van der Waals surface area (Å²) in [5.41, 5.74) is 1.71. The second-order valence-electron chi connectivity index (χ2n) is 5.01. The summed E-state index contributed by atoms with van der Waals surface area (Å²) in [5.74, 6) is 0.376. The number of rotatable bonds is 5. The Kier molecular flexibility index (Phi) is 5.14. The Labute approximate surface area is 113 Å². The molecule has 100 valence electrons. The average Bonchev–Trinajstić information content (AvgIpc) is 2.24. The zero-order valence-electron chi connectivity index (χ0n) is 11.7. The maximum atomic E-state index is 11.8. The average molecular weight is 267 g/mol. The van der Waals surface area contributed by atoms with Crippen LogP contribution in [-0.4, -0.2) is 27.2 Å². The lowest BCUT2D eigenvalue weighted by Crippen LogP contribution is -2.43. The Balaban J connectivity index is 2.52. The minimum Gasteiger partial charge on any atom is -0.351 e. The summed E-state index contributed by atoms with van der Waals surface area (Å²) in [5, 5.41) is 3.65. The van der Waals surface area contributed by atoms with Crippen molar-refractivity contribution >= 4 is 17.7 Å². The van der Waals surface area contributed by atoms with Crippen molar-refractivity contribution in [3.8, 4) is 0 Å². The molecule has 1 heterocycles. The van der Waals surface area contributed by atoms with Crippen LogP contribution in [0.25, 0.3) is 0 Å². The number of amides is 1. The highest BCUT2D eigenvalue weighted by Gasteiger charge is 2.17. The summed E-state index contributed by atoms with van der Waals surface area (Å²) in [7, 11) is 0. The predicted molar refractivity (Wildman–Crippen MR) is 74.7 cm³/mol. The highest BCUT2D eigenvalue weighted by atomic mass is 32.2. The molecule has 1 aromatic heterocycles. The monoisotopic (exact) mass is 267 g/mol. The number of nitrogens with one attached hydrogen (secondary N) is 1. The van der Waals surface area contributed by atoms with E-state index in [4.69, 9.17) is 0 Å². The zero-order chi connectivity index (χ0) is 13.8. The molecule has 0 fully saturated rings. The SMILES string of the molecule is CCC(C)(C)NC(=O)CSc1nc(C)cc(C)n1. The molecule has 1 amide bonds. The highest BCUT2D eigenvalue weighted by molar-refractivity contribution is 7.99. The molecule has 0 aliphatic rings. The maximum absolute atomic E-state index is 11.8. The van der Waals surface area contributed by atoms with E-state index in [0.717, 1.165) is 17.8 Å². The summed E-state index contributed by atoms with van der Waals surface area (Å²) in [6.45, 7) is 9.95. The van der Waals surface area contributed by atoms with E-state index >= 15 is 0 Å². The smallest absolute Gasteiger partial charge is 0.230 e. The third-order valence-electron chi connectivity index (χ3n) is 2.66. The fourth-order valence-corrected chi connectivity index (χ4v) is 2.14. The number of aromatic nitrogens is 2. The minimum absolute atomic E-state index is 0.0228. The van der Waals surface area contributed by atoms with Crippen molar-refractivity contribution < 1.29 is 4.79 Å². The van der Waals surface area contributed by atoms with Crippen LogP contribution in [0.2, 0.25) is 0 Å². The van der Waals surface area contributed by atoms with E-state index in [2.05, 4.69) is 22.2 Å². The lowest BCUT2D eigenvalue weighted by atomic mass is 10.0. The maximum Gasteiger partial charge on any atom is 0.230 e. The summed E-state index contributed by atoms with van der Waals surface area (Å²) < 4.78 is 0. The Morgan fingerprint density at radius 1 is 1.33 bits per heavy atom. The van der Waals surface area contributed by atoms with Crippen molar-refractivity contribution in [1.29, 1.82) is 0 Å². The van der Waals surface area contributed by atoms with Gasteiger partial charge in [-0.2, -0.15) is 0 Å². The third kappa shape index (κ3) is 5.04. The molecule has 0 aliphatic heterocycles. The van der Waals surface area contributed by atoms with E-state index in [1.807, 2.05) is 33.8 Å². The van der Waals surface area contributed by atoms with Crippen LogP contribution in [-0.2, 0) is 4.79 Å². The molecule has 4 nitrogen and oxygen atoms in total. The van der Waals surface area contributed by atoms with Crippen LogP contribution < -0.4 is 5.32 Å². The van der Waals surface area contributed by atoms with Gasteiger partial charge in [0.2, 0.25) is 5.91 Å². The van der Waals surface area contributed by atoms with Gasteiger partial charge in [0, 0.05) is 16.9 Å². The largest absolute Gasteiger partial charge is 0.351 e. The minimum atomic E-state index is -0.152. The van der Waals surface area contributed by atoms with Crippen molar-refractivity contribution in [2.75, 3.05) is 5.75 Å². The molecule has 5 heteroatoms. The number of thioether (sulfide) groups is 1. The molecule has 0 aliphatic carbocycles. The highest BCUT2D eigenvalue weighted by Crippen LogP contribution is 2.14. The van der Waals surface area contributed by atoms with Gasteiger partial charge in [0.1, 0.15) is 0 Å². The normalized spacial score (nSPS) is 11.4. The molecule has 0 atom stereocenters. The van der Waals surface area contributed by atoms with Gasteiger partial charge in [0.15, 0.2) is 5.16 Å². The number of carbonyl (C=O) groups is 1. The van der Waals surface area contributed by atoms with Crippen molar-refractivity contribution in [2.24, 2.45) is 0 Å². The fraction of sp³-hybridized carbons (Fsp3) is 0.615. The Morgan fingerprint density at radius 2 is 1.89 bits per heavy atom. The summed E-state index contributed by atoms with van der Waals surface area (Å²) in [6.07, 6.45) is 0.906. The van der Waals surface area contributed by atoms with Crippen molar-refractivity contribution in [3.63, 3.8) is 0 Å². The van der Waals surface area contributed by atoms with E-state index in [1.54, 1.807) is 0 Å². The van der Waals surface area contributed by atoms with Gasteiger partial charge in [0.05, 0.1) is 5.75 Å². The van der Waals surface area contributed by atoms with E-state index in [1.165, 1.54) is 11.8 Å². The van der Waals surface area contributed by atoms with Gasteiger partial charge in [-0.15, -0.1) is 0 Å². The molecule has 0 bridgehead atoms. The predicted octanol–water partition coefficient (Wildman–Crippen LogP) is 2.49. The third-order valence-corrected chi connectivity index (χ3v) is 3.50. The van der Waals surface area contributed by atoms with E-state index in [9.17, 15) is 4.79 Å². The van der Waals surface area contributed by atoms with Crippen molar-refractivity contribution in [3.05, 3.63) is 17.5 Å². The number of carbonyl (C=O) groups excluding carboxylic acids is 1. The molecule has 1 aromatic rings. The van der Waals surface area contributed by atoms with Crippen LogP contribution >= 0.6 is 11.8 Å². The van der Waals surface area contributed by atoms with Crippen LogP contribution in [0, 0.1) is 13.8 Å². The van der Waals surface area contributed by atoms with Gasteiger partial charge in [-0.1, -0.05) is 18.7 Å². The quantitative estimate of drug-likeness (QED) is 0.658. The number of hydrogen-bond acceptors (Lipinski definition) is 4. The first-order valence-corrected chi connectivity index (χ1v) is 7.07. The van der Waals surface area contributed by atoms with Crippen LogP contribution in [0.1, 0.15) is 38.6 Å². The molecule has 1 rings (SSSR count). The number of hydrogen-bond donors (Lipinski definition) is 1. The van der Waals surface area contributed by atoms with Crippen molar-refractivity contribution in [2.45, 2.75) is 51.7 Å². The molecule has 0 unspecified atom stereocenters. The Bertz CT molecular complexity index is 412. The standard InChI is InChI=1S/C13H21N3OS/c1-6-13(4,5)16-11(17)8-18-12-14-9(2)7-10(3)15-12/h7H,6,8H2,1-5H3,(H,16,17). The molecule has 0 spiro atoms. The number of aryl methyl sites for hydroxylation is 2. The van der Waals surface area contributed by atoms with Gasteiger partial charge >= 0.3 is 0 Å². The van der Waals surface area contributed by atoms with E-state index < -0.39 is 0 Å². The van der Waals surface area contributed by atoms with Gasteiger partial charge in [-0.25, -0.2) is 9.97 Å². The molecule has 0 aromatic carbocycles. The fourth-order valence-electron chi connectivity index (χ4n) is 1.39. The van der Waals surface area contributed by atoms with Crippen LogP contribution in [0.3, 0.4) is 0 Å². The number of nitrogens with zero attached hydrogens (tertiary/aromatic N) is 2. The summed E-state index contributed by atoms with van der Waals surface area (Å²) in [4.78, 5) is 20.4. The first kappa shape index (κ1) is 15.0. The first-order chi connectivity index (χ1) is 8.32. The molecule has 0 radical (unpaired) electrons. The summed E-state index contributed by atoms with van der Waals surface area (Å²) >= 11 is 1.37. The second-order valence-corrected chi connectivity index (χ2v) is 5.95. The van der Waals surface area contributed by atoms with Crippen LogP contribution in [0.15, 0.2) is 11.2 Å². The molecule has 0 saturated carbocycles. The van der Waals surface area contributed by atoms with Gasteiger partial charge in [-0.05, 0) is 40.2 Å². The lowest BCUT2D eigenvalue weighted by Gasteiger charge is -2.24. The van der Waals surface area contributed by atoms with E-state index in [-0.39, 0.29) is 11.4 Å². The molecule has 1 N–H and O–H groups in total. The van der Waals surface area contributed by atoms with Gasteiger partial charge < -0.3 is 5.32 Å². The lowest BCUT2D eigenvalue weighted by molar-refractivity contribution is -0.120. The van der Waals surface area contributed by atoms with Crippen LogP contribution in [0.4, 0.5) is 0 Å². The zero-order valence-corrected chi connectivity index (χ0v) is 12.5.